The highest BCUT2D eigenvalue weighted by molar-refractivity contribution is 7.86. The van der Waals surface area contributed by atoms with E-state index in [0.29, 0.717) is 0 Å². The summed E-state index contributed by atoms with van der Waals surface area (Å²) in [5.74, 6) is 0. The lowest BCUT2D eigenvalue weighted by Gasteiger charge is -2.21. The summed E-state index contributed by atoms with van der Waals surface area (Å²) in [6.45, 7) is 2.01. The van der Waals surface area contributed by atoms with Crippen molar-refractivity contribution in [2.24, 2.45) is 0 Å². The van der Waals surface area contributed by atoms with Gasteiger partial charge in [-0.15, -0.1) is 0 Å². The Hall–Kier alpha value is -0.870. The lowest BCUT2D eigenvalue weighted by molar-refractivity contribution is 0.162. The molecule has 2 rings (SSSR count). The van der Waals surface area contributed by atoms with Crippen LogP contribution in [0.15, 0.2) is 29.2 Å². The summed E-state index contributed by atoms with van der Waals surface area (Å²) in [6.07, 6.45) is 5.72. The monoisotopic (exact) mass is 268 g/mol. The molecule has 1 saturated carbocycles. The van der Waals surface area contributed by atoms with E-state index in [2.05, 4.69) is 0 Å². The van der Waals surface area contributed by atoms with Crippen molar-refractivity contribution in [3.8, 4) is 0 Å². The van der Waals surface area contributed by atoms with Crippen molar-refractivity contribution < 1.29 is 12.6 Å². The Kier molecular flexibility index (Phi) is 4.40. The second-order valence-corrected chi connectivity index (χ2v) is 6.38. The van der Waals surface area contributed by atoms with Gasteiger partial charge in [0, 0.05) is 0 Å². The Labute approximate surface area is 109 Å². The summed E-state index contributed by atoms with van der Waals surface area (Å²) < 4.78 is 29.6. The number of rotatable bonds is 4. The molecule has 1 aromatic carbocycles. The van der Waals surface area contributed by atoms with Gasteiger partial charge in [0.25, 0.3) is 10.1 Å². The minimum atomic E-state index is -3.59. The molecule has 0 bridgehead atoms. The maximum Gasteiger partial charge on any atom is 0.297 e. The molecule has 0 atom stereocenters. The third kappa shape index (κ3) is 3.33. The highest BCUT2D eigenvalue weighted by Gasteiger charge is 2.23. The maximum atomic E-state index is 12.1. The van der Waals surface area contributed by atoms with Gasteiger partial charge in [-0.1, -0.05) is 38.3 Å². The second kappa shape index (κ2) is 5.85. The van der Waals surface area contributed by atoms with Gasteiger partial charge in [-0.05, 0) is 37.0 Å². The Morgan fingerprint density at radius 3 is 2.61 bits per heavy atom. The molecular weight excluding hydrogens is 248 g/mol. The third-order valence-corrected chi connectivity index (χ3v) is 4.77. The van der Waals surface area contributed by atoms with E-state index in [9.17, 15) is 8.42 Å². The highest BCUT2D eigenvalue weighted by Crippen LogP contribution is 2.25. The predicted molar refractivity (Wildman–Crippen MR) is 71.0 cm³/mol. The molecule has 0 heterocycles. The Morgan fingerprint density at radius 2 is 1.94 bits per heavy atom. The molecule has 0 aliphatic heterocycles. The van der Waals surface area contributed by atoms with Crippen molar-refractivity contribution in [1.29, 1.82) is 0 Å². The van der Waals surface area contributed by atoms with E-state index in [4.69, 9.17) is 4.18 Å². The SMILES string of the molecule is CCc1cccc(S(=O)(=O)OC2CCCCC2)c1. The van der Waals surface area contributed by atoms with Gasteiger partial charge in [-0.2, -0.15) is 8.42 Å². The van der Waals surface area contributed by atoms with Crippen LogP contribution in [0.5, 0.6) is 0 Å². The number of benzene rings is 1. The smallest absolute Gasteiger partial charge is 0.263 e. The van der Waals surface area contributed by atoms with Gasteiger partial charge in [-0.25, -0.2) is 0 Å². The average molecular weight is 268 g/mol. The van der Waals surface area contributed by atoms with Crippen LogP contribution in [0.3, 0.4) is 0 Å². The number of hydrogen-bond acceptors (Lipinski definition) is 3. The van der Waals surface area contributed by atoms with Crippen LogP contribution in [0.25, 0.3) is 0 Å². The first kappa shape index (κ1) is 13.6. The highest BCUT2D eigenvalue weighted by atomic mass is 32.2. The van der Waals surface area contributed by atoms with Crippen molar-refractivity contribution >= 4 is 10.1 Å². The molecule has 0 aromatic heterocycles. The average Bonchev–Trinajstić information content (AvgIpc) is 2.39. The van der Waals surface area contributed by atoms with Gasteiger partial charge in [0.2, 0.25) is 0 Å². The molecule has 4 heteroatoms. The van der Waals surface area contributed by atoms with Gasteiger partial charge in [0.15, 0.2) is 0 Å². The van der Waals surface area contributed by atoms with E-state index in [-0.39, 0.29) is 11.0 Å². The first-order valence-corrected chi connectivity index (χ1v) is 8.05. The second-order valence-electron chi connectivity index (χ2n) is 4.81. The number of hydrogen-bond donors (Lipinski definition) is 0. The van der Waals surface area contributed by atoms with E-state index in [1.165, 1.54) is 6.42 Å². The van der Waals surface area contributed by atoms with E-state index in [0.717, 1.165) is 37.7 Å². The molecule has 1 aromatic rings. The molecule has 0 saturated heterocycles. The van der Waals surface area contributed by atoms with Crippen LogP contribution in [0.2, 0.25) is 0 Å². The van der Waals surface area contributed by atoms with Crippen LogP contribution >= 0.6 is 0 Å². The van der Waals surface area contributed by atoms with Crippen molar-refractivity contribution in [2.45, 2.75) is 56.4 Å². The van der Waals surface area contributed by atoms with Gasteiger partial charge in [0.05, 0.1) is 11.0 Å². The van der Waals surface area contributed by atoms with Crippen LogP contribution in [0.4, 0.5) is 0 Å². The van der Waals surface area contributed by atoms with Crippen molar-refractivity contribution in [3.05, 3.63) is 29.8 Å². The molecule has 3 nitrogen and oxygen atoms in total. The Morgan fingerprint density at radius 1 is 1.22 bits per heavy atom. The zero-order chi connectivity index (χ0) is 13.0. The van der Waals surface area contributed by atoms with Gasteiger partial charge >= 0.3 is 0 Å². The molecule has 1 aliphatic rings. The lowest BCUT2D eigenvalue weighted by atomic mass is 9.98. The van der Waals surface area contributed by atoms with Gasteiger partial charge in [0.1, 0.15) is 0 Å². The molecule has 0 N–H and O–H groups in total. The van der Waals surface area contributed by atoms with E-state index in [1.807, 2.05) is 13.0 Å². The Balaban J connectivity index is 2.13. The van der Waals surface area contributed by atoms with Crippen molar-refractivity contribution in [2.75, 3.05) is 0 Å². The fourth-order valence-corrected chi connectivity index (χ4v) is 3.52. The van der Waals surface area contributed by atoms with Crippen LogP contribution in [-0.4, -0.2) is 14.5 Å². The fourth-order valence-electron chi connectivity index (χ4n) is 2.32. The summed E-state index contributed by atoms with van der Waals surface area (Å²) >= 11 is 0. The lowest BCUT2D eigenvalue weighted by Crippen LogP contribution is -2.21. The maximum absolute atomic E-state index is 12.1. The molecule has 0 radical (unpaired) electrons. The summed E-state index contributed by atoms with van der Waals surface area (Å²) in [5.41, 5.74) is 1.02. The van der Waals surface area contributed by atoms with Crippen molar-refractivity contribution in [1.82, 2.24) is 0 Å². The molecule has 100 valence electrons. The standard InChI is InChI=1S/C14H20O3S/c1-2-12-7-6-10-14(11-12)18(15,16)17-13-8-4-3-5-9-13/h6-7,10-11,13H,2-5,8-9H2,1H3. The molecule has 1 fully saturated rings. The summed E-state index contributed by atoms with van der Waals surface area (Å²) in [4.78, 5) is 0.285. The van der Waals surface area contributed by atoms with E-state index >= 15 is 0 Å². The molecule has 1 aliphatic carbocycles. The number of aryl methyl sites for hydroxylation is 1. The quantitative estimate of drug-likeness (QED) is 0.787. The molecule has 0 unspecified atom stereocenters. The molecule has 0 spiro atoms. The summed E-state index contributed by atoms with van der Waals surface area (Å²) in [6, 6.07) is 7.02. The van der Waals surface area contributed by atoms with Crippen molar-refractivity contribution in [3.63, 3.8) is 0 Å². The summed E-state index contributed by atoms with van der Waals surface area (Å²) in [5, 5.41) is 0. The zero-order valence-corrected chi connectivity index (χ0v) is 11.6. The normalized spacial score (nSPS) is 17.8. The summed E-state index contributed by atoms with van der Waals surface area (Å²) in [7, 11) is -3.59. The topological polar surface area (TPSA) is 43.4 Å². The van der Waals surface area contributed by atoms with Crippen LogP contribution < -0.4 is 0 Å². The van der Waals surface area contributed by atoms with Crippen LogP contribution in [0, 0.1) is 0 Å². The largest absolute Gasteiger partial charge is 0.297 e. The Bertz CT molecular complexity index is 488. The minimum absolute atomic E-state index is 0.131. The van der Waals surface area contributed by atoms with Gasteiger partial charge < -0.3 is 0 Å². The molecule has 18 heavy (non-hydrogen) atoms. The fraction of sp³-hybridized carbons (Fsp3) is 0.571. The van der Waals surface area contributed by atoms with Gasteiger partial charge in [-0.3, -0.25) is 4.18 Å². The molecule has 0 amide bonds. The predicted octanol–water partition coefficient (Wildman–Crippen LogP) is 3.29. The van der Waals surface area contributed by atoms with Crippen LogP contribution in [0.1, 0.15) is 44.6 Å². The first-order valence-electron chi connectivity index (χ1n) is 6.64. The zero-order valence-electron chi connectivity index (χ0n) is 10.8. The van der Waals surface area contributed by atoms with E-state index < -0.39 is 10.1 Å². The van der Waals surface area contributed by atoms with E-state index in [1.54, 1.807) is 18.2 Å². The first-order chi connectivity index (χ1) is 8.62. The third-order valence-electron chi connectivity index (χ3n) is 3.41. The minimum Gasteiger partial charge on any atom is -0.263 e. The van der Waals surface area contributed by atoms with Crippen LogP contribution in [-0.2, 0) is 20.7 Å². The molecular formula is C14H20O3S.